The number of amides is 1. The van der Waals surface area contributed by atoms with Crippen molar-refractivity contribution in [1.82, 2.24) is 4.98 Å². The molecule has 1 aromatic heterocycles. The molecular weight excluding hydrogens is 355 g/mol. The lowest BCUT2D eigenvalue weighted by Gasteiger charge is -2.18. The van der Waals surface area contributed by atoms with Crippen molar-refractivity contribution in [2.45, 2.75) is 6.42 Å². The van der Waals surface area contributed by atoms with Gasteiger partial charge >= 0.3 is 10.2 Å². The van der Waals surface area contributed by atoms with Crippen LogP contribution in [0.15, 0.2) is 16.7 Å². The molecule has 1 fully saturated rings. The normalized spacial score (nSPS) is 19.4. The molecule has 0 radical (unpaired) electrons. The molecule has 2 rings (SSSR count). The van der Waals surface area contributed by atoms with Gasteiger partial charge in [-0.25, -0.2) is 4.98 Å². The largest absolute Gasteiger partial charge is 0.480 e. The Morgan fingerprint density at radius 2 is 2.30 bits per heavy atom. The van der Waals surface area contributed by atoms with Crippen molar-refractivity contribution in [1.29, 1.82) is 0 Å². The third kappa shape index (κ3) is 3.45. The fraction of sp³-hybridized carbons (Fsp3) is 0.455. The van der Waals surface area contributed by atoms with Crippen LogP contribution in [0.2, 0.25) is 0 Å². The smallest absolute Gasteiger partial charge is 0.302 e. The number of carbonyl (C=O) groups is 1. The molecule has 0 aliphatic carbocycles. The summed E-state index contributed by atoms with van der Waals surface area (Å²) in [6, 6.07) is 1.65. The summed E-state index contributed by atoms with van der Waals surface area (Å²) < 4.78 is 39.8. The van der Waals surface area contributed by atoms with Gasteiger partial charge in [-0.05, 0) is 22.0 Å². The van der Waals surface area contributed by atoms with E-state index >= 15 is 0 Å². The SMILES string of the molecule is COc1ncc(Br)cc1N1CC(CS(=O)(=O)F)CC1=O. The minimum atomic E-state index is -4.60. The predicted molar refractivity (Wildman–Crippen MR) is 73.8 cm³/mol. The highest BCUT2D eigenvalue weighted by Gasteiger charge is 2.35. The van der Waals surface area contributed by atoms with E-state index in [1.807, 2.05) is 0 Å². The fourth-order valence-corrected chi connectivity index (χ4v) is 3.28. The highest BCUT2D eigenvalue weighted by atomic mass is 79.9. The van der Waals surface area contributed by atoms with E-state index in [9.17, 15) is 17.1 Å². The number of carbonyl (C=O) groups excluding carboxylic acids is 1. The number of anilines is 1. The quantitative estimate of drug-likeness (QED) is 0.754. The molecule has 20 heavy (non-hydrogen) atoms. The van der Waals surface area contributed by atoms with Gasteiger partial charge in [-0.15, -0.1) is 3.89 Å². The van der Waals surface area contributed by atoms with Crippen LogP contribution in [0.5, 0.6) is 5.88 Å². The summed E-state index contributed by atoms with van der Waals surface area (Å²) in [5, 5.41) is 0. The van der Waals surface area contributed by atoms with Crippen LogP contribution in [0.1, 0.15) is 6.42 Å². The average Bonchev–Trinajstić information content (AvgIpc) is 2.67. The van der Waals surface area contributed by atoms with E-state index in [2.05, 4.69) is 20.9 Å². The molecule has 6 nitrogen and oxygen atoms in total. The molecule has 0 saturated carbocycles. The molecule has 1 aromatic rings. The van der Waals surface area contributed by atoms with E-state index in [1.54, 1.807) is 6.07 Å². The molecule has 1 atom stereocenters. The van der Waals surface area contributed by atoms with Gasteiger partial charge < -0.3 is 9.64 Å². The monoisotopic (exact) mass is 366 g/mol. The van der Waals surface area contributed by atoms with Crippen molar-refractivity contribution in [3.63, 3.8) is 0 Å². The zero-order chi connectivity index (χ0) is 14.9. The maximum Gasteiger partial charge on any atom is 0.302 e. The first-order valence-electron chi connectivity index (χ1n) is 5.72. The van der Waals surface area contributed by atoms with Crippen LogP contribution in [-0.2, 0) is 15.0 Å². The molecule has 0 bridgehead atoms. The Bertz CT molecular complexity index is 637. The molecule has 1 saturated heterocycles. The molecule has 0 spiro atoms. The first-order chi connectivity index (χ1) is 9.30. The number of hydrogen-bond donors (Lipinski definition) is 0. The number of methoxy groups -OCH3 is 1. The number of nitrogens with zero attached hydrogens (tertiary/aromatic N) is 2. The Morgan fingerprint density at radius 3 is 2.90 bits per heavy atom. The maximum absolute atomic E-state index is 12.7. The topological polar surface area (TPSA) is 76.6 Å². The van der Waals surface area contributed by atoms with Gasteiger partial charge in [0.05, 0.1) is 12.9 Å². The first kappa shape index (κ1) is 15.2. The van der Waals surface area contributed by atoms with Crippen molar-refractivity contribution >= 4 is 37.7 Å². The van der Waals surface area contributed by atoms with Gasteiger partial charge in [0.1, 0.15) is 5.69 Å². The van der Waals surface area contributed by atoms with Gasteiger partial charge in [0.25, 0.3) is 0 Å². The Labute approximate surface area is 124 Å². The number of rotatable bonds is 4. The Kier molecular flexibility index (Phi) is 4.28. The Balaban J connectivity index is 2.26. The van der Waals surface area contributed by atoms with Crippen LogP contribution >= 0.6 is 15.9 Å². The third-order valence-electron chi connectivity index (χ3n) is 2.92. The van der Waals surface area contributed by atoms with Crippen LogP contribution in [0, 0.1) is 5.92 Å². The van der Waals surface area contributed by atoms with E-state index in [0.29, 0.717) is 10.2 Å². The van der Waals surface area contributed by atoms with E-state index in [-0.39, 0.29) is 24.8 Å². The minimum absolute atomic E-state index is 0.0151. The summed E-state index contributed by atoms with van der Waals surface area (Å²) in [5.41, 5.74) is 0.436. The number of aromatic nitrogens is 1. The summed E-state index contributed by atoms with van der Waals surface area (Å²) in [5.74, 6) is -1.25. The summed E-state index contributed by atoms with van der Waals surface area (Å²) in [6.45, 7) is 0.122. The zero-order valence-electron chi connectivity index (χ0n) is 10.5. The van der Waals surface area contributed by atoms with Gasteiger partial charge in [0, 0.05) is 29.6 Å². The van der Waals surface area contributed by atoms with Crippen LogP contribution in [0.25, 0.3) is 0 Å². The molecule has 0 N–H and O–H groups in total. The molecule has 2 heterocycles. The molecule has 110 valence electrons. The van der Waals surface area contributed by atoms with Crippen LogP contribution in [-0.4, -0.2) is 38.7 Å². The number of ether oxygens (including phenoxy) is 1. The zero-order valence-corrected chi connectivity index (χ0v) is 12.9. The van der Waals surface area contributed by atoms with E-state index in [1.165, 1.54) is 18.2 Å². The highest BCUT2D eigenvalue weighted by Crippen LogP contribution is 2.33. The Morgan fingerprint density at radius 1 is 1.60 bits per heavy atom. The summed E-state index contributed by atoms with van der Waals surface area (Å²) in [4.78, 5) is 17.3. The first-order valence-corrected chi connectivity index (χ1v) is 8.07. The molecule has 1 aliphatic heterocycles. The van der Waals surface area contributed by atoms with Gasteiger partial charge in [0.2, 0.25) is 11.8 Å². The number of pyridine rings is 1. The van der Waals surface area contributed by atoms with E-state index < -0.39 is 21.9 Å². The summed E-state index contributed by atoms with van der Waals surface area (Å²) in [7, 11) is -3.18. The molecule has 1 amide bonds. The summed E-state index contributed by atoms with van der Waals surface area (Å²) in [6.07, 6.45) is 1.51. The second-order valence-electron chi connectivity index (χ2n) is 4.46. The summed E-state index contributed by atoms with van der Waals surface area (Å²) >= 11 is 3.24. The lowest BCUT2D eigenvalue weighted by Crippen LogP contribution is -2.26. The molecule has 9 heteroatoms. The van der Waals surface area contributed by atoms with Crippen LogP contribution < -0.4 is 9.64 Å². The third-order valence-corrected chi connectivity index (χ3v) is 4.23. The molecule has 1 aliphatic rings. The second kappa shape index (κ2) is 5.65. The predicted octanol–water partition coefficient (Wildman–Crippen LogP) is 1.50. The number of halogens is 2. The van der Waals surface area contributed by atoms with E-state index in [0.717, 1.165) is 0 Å². The highest BCUT2D eigenvalue weighted by molar-refractivity contribution is 9.10. The van der Waals surface area contributed by atoms with Gasteiger partial charge in [-0.2, -0.15) is 8.42 Å². The van der Waals surface area contributed by atoms with Crippen molar-refractivity contribution in [2.75, 3.05) is 24.3 Å². The lowest BCUT2D eigenvalue weighted by atomic mass is 10.1. The Hall–Kier alpha value is -1.22. The van der Waals surface area contributed by atoms with Crippen molar-refractivity contribution in [3.05, 3.63) is 16.7 Å². The average molecular weight is 367 g/mol. The van der Waals surface area contributed by atoms with Crippen molar-refractivity contribution in [3.8, 4) is 5.88 Å². The van der Waals surface area contributed by atoms with E-state index in [4.69, 9.17) is 4.74 Å². The lowest BCUT2D eigenvalue weighted by molar-refractivity contribution is -0.117. The maximum atomic E-state index is 12.7. The fourth-order valence-electron chi connectivity index (χ4n) is 2.17. The van der Waals surface area contributed by atoms with Crippen LogP contribution in [0.4, 0.5) is 9.57 Å². The minimum Gasteiger partial charge on any atom is -0.480 e. The number of hydrogen-bond acceptors (Lipinski definition) is 5. The standard InChI is InChI=1S/C11H12BrFN2O4S/c1-19-11-9(3-8(12)4-14-11)15-5-7(2-10(15)16)6-20(13,17)18/h3-4,7H,2,5-6H2,1H3. The van der Waals surface area contributed by atoms with Crippen molar-refractivity contribution < 1.29 is 21.8 Å². The molecular formula is C11H12BrFN2O4S. The van der Waals surface area contributed by atoms with Gasteiger partial charge in [0.15, 0.2) is 0 Å². The van der Waals surface area contributed by atoms with Gasteiger partial charge in [-0.1, -0.05) is 0 Å². The second-order valence-corrected chi connectivity index (χ2v) is 6.79. The van der Waals surface area contributed by atoms with Gasteiger partial charge in [-0.3, -0.25) is 4.79 Å². The van der Waals surface area contributed by atoms with Crippen molar-refractivity contribution in [2.24, 2.45) is 5.92 Å². The molecule has 0 aromatic carbocycles. The van der Waals surface area contributed by atoms with Crippen LogP contribution in [0.3, 0.4) is 0 Å². The molecule has 1 unspecified atom stereocenters.